The lowest BCUT2D eigenvalue weighted by Gasteiger charge is -2.24. The second kappa shape index (κ2) is 7.45. The Morgan fingerprint density at radius 1 is 0.957 bits per heavy atom. The molecule has 0 atom stereocenters. The summed E-state index contributed by atoms with van der Waals surface area (Å²) in [5.74, 6) is 0.763. The number of hydrogen-bond acceptors (Lipinski definition) is 2. The molecule has 0 aromatic heterocycles. The molecule has 0 aliphatic heterocycles. The number of carbonyl (C=O) groups is 1. The molecular weight excluding hydrogens is 282 g/mol. The molecule has 0 spiro atoms. The van der Waals surface area contributed by atoms with Crippen molar-refractivity contribution in [2.45, 2.75) is 44.6 Å². The van der Waals surface area contributed by atoms with Gasteiger partial charge in [-0.3, -0.25) is 4.79 Å². The van der Waals surface area contributed by atoms with E-state index in [0.29, 0.717) is 0 Å². The Morgan fingerprint density at radius 2 is 1.61 bits per heavy atom. The average Bonchev–Trinajstić information content (AvgIpc) is 2.63. The molecule has 2 heteroatoms. The highest BCUT2D eigenvalue weighted by Crippen LogP contribution is 2.33. The van der Waals surface area contributed by atoms with Crippen molar-refractivity contribution < 1.29 is 4.79 Å². The second-order valence-electron chi connectivity index (χ2n) is 6.64. The van der Waals surface area contributed by atoms with Crippen molar-refractivity contribution in [1.82, 2.24) is 0 Å². The molecule has 2 aromatic rings. The van der Waals surface area contributed by atoms with Gasteiger partial charge in [-0.2, -0.15) is 0 Å². The van der Waals surface area contributed by atoms with E-state index in [2.05, 4.69) is 36.2 Å². The topological polar surface area (TPSA) is 20.3 Å². The highest BCUT2D eigenvalue weighted by atomic mass is 16.1. The zero-order valence-corrected chi connectivity index (χ0v) is 13.9. The monoisotopic (exact) mass is 307 g/mol. The standard InChI is InChI=1S/C21H25NO/c1-22(15-17-7-9-18(16-23)10-8-17)21-13-11-20(12-14-21)19-5-3-2-4-6-19/h7-14,16,19H,2-6,15H2,1H3. The SMILES string of the molecule is CN(Cc1ccc(C=O)cc1)c1ccc(C2CCCCC2)cc1. The fraction of sp³-hybridized carbons (Fsp3) is 0.381. The molecule has 1 saturated carbocycles. The van der Waals surface area contributed by atoms with E-state index in [1.165, 1.54) is 48.9 Å². The summed E-state index contributed by atoms with van der Waals surface area (Å²) in [5.41, 5.74) is 4.68. The van der Waals surface area contributed by atoms with Crippen LogP contribution < -0.4 is 4.90 Å². The molecule has 0 heterocycles. The number of rotatable bonds is 5. The van der Waals surface area contributed by atoms with Crippen LogP contribution in [0, 0.1) is 0 Å². The van der Waals surface area contributed by atoms with Gasteiger partial charge in [0.05, 0.1) is 0 Å². The Balaban J connectivity index is 1.64. The van der Waals surface area contributed by atoms with Crippen molar-refractivity contribution >= 4 is 12.0 Å². The first-order chi connectivity index (χ1) is 11.3. The van der Waals surface area contributed by atoms with Gasteiger partial charge in [0, 0.05) is 24.8 Å². The first-order valence-corrected chi connectivity index (χ1v) is 8.61. The van der Waals surface area contributed by atoms with Crippen LogP contribution in [0.25, 0.3) is 0 Å². The summed E-state index contributed by atoms with van der Waals surface area (Å²) in [6.45, 7) is 0.849. The largest absolute Gasteiger partial charge is 0.370 e. The van der Waals surface area contributed by atoms with Gasteiger partial charge in [0.1, 0.15) is 6.29 Å². The van der Waals surface area contributed by atoms with Crippen molar-refractivity contribution in [3.05, 3.63) is 65.2 Å². The zero-order valence-electron chi connectivity index (χ0n) is 13.9. The quantitative estimate of drug-likeness (QED) is 0.709. The van der Waals surface area contributed by atoms with Crippen LogP contribution in [0.15, 0.2) is 48.5 Å². The van der Waals surface area contributed by atoms with Gasteiger partial charge in [-0.15, -0.1) is 0 Å². The lowest BCUT2D eigenvalue weighted by Crippen LogP contribution is -2.16. The number of carbonyl (C=O) groups excluding carboxylic acids is 1. The van der Waals surface area contributed by atoms with Crippen LogP contribution in [0.5, 0.6) is 0 Å². The Morgan fingerprint density at radius 3 is 2.22 bits per heavy atom. The van der Waals surface area contributed by atoms with Crippen molar-refractivity contribution in [3.63, 3.8) is 0 Å². The normalized spacial score (nSPS) is 15.3. The Labute approximate surface area is 139 Å². The predicted molar refractivity (Wildman–Crippen MR) is 96.2 cm³/mol. The molecule has 2 nitrogen and oxygen atoms in total. The van der Waals surface area contributed by atoms with Gasteiger partial charge in [0.25, 0.3) is 0 Å². The van der Waals surface area contributed by atoms with E-state index >= 15 is 0 Å². The summed E-state index contributed by atoms with van der Waals surface area (Å²) in [4.78, 5) is 13.0. The number of hydrogen-bond donors (Lipinski definition) is 0. The van der Waals surface area contributed by atoms with Gasteiger partial charge in [-0.05, 0) is 42.0 Å². The maximum Gasteiger partial charge on any atom is 0.150 e. The zero-order chi connectivity index (χ0) is 16.1. The minimum absolute atomic E-state index is 0.730. The summed E-state index contributed by atoms with van der Waals surface area (Å²) >= 11 is 0. The third-order valence-electron chi connectivity index (χ3n) is 4.95. The van der Waals surface area contributed by atoms with Crippen LogP contribution in [-0.2, 0) is 6.54 Å². The van der Waals surface area contributed by atoms with E-state index in [0.717, 1.165) is 24.3 Å². The molecule has 0 N–H and O–H groups in total. The molecule has 0 bridgehead atoms. The molecule has 2 aromatic carbocycles. The Bertz CT molecular complexity index is 624. The van der Waals surface area contributed by atoms with Crippen molar-refractivity contribution in [2.75, 3.05) is 11.9 Å². The third kappa shape index (κ3) is 4.01. The first-order valence-electron chi connectivity index (χ1n) is 8.61. The van der Waals surface area contributed by atoms with Crippen LogP contribution in [0.1, 0.15) is 59.5 Å². The van der Waals surface area contributed by atoms with Gasteiger partial charge >= 0.3 is 0 Å². The molecule has 120 valence electrons. The van der Waals surface area contributed by atoms with Gasteiger partial charge in [-0.1, -0.05) is 55.7 Å². The average molecular weight is 307 g/mol. The number of aldehydes is 1. The number of nitrogens with zero attached hydrogens (tertiary/aromatic N) is 1. The van der Waals surface area contributed by atoms with Gasteiger partial charge < -0.3 is 4.90 Å². The van der Waals surface area contributed by atoms with Gasteiger partial charge in [0.2, 0.25) is 0 Å². The molecule has 0 amide bonds. The summed E-state index contributed by atoms with van der Waals surface area (Å²) in [5, 5.41) is 0. The van der Waals surface area contributed by atoms with E-state index in [1.54, 1.807) is 0 Å². The minimum atomic E-state index is 0.730. The van der Waals surface area contributed by atoms with Crippen molar-refractivity contribution in [2.24, 2.45) is 0 Å². The maximum atomic E-state index is 10.7. The minimum Gasteiger partial charge on any atom is -0.370 e. The third-order valence-corrected chi connectivity index (χ3v) is 4.95. The summed E-state index contributed by atoms with van der Waals surface area (Å²) in [7, 11) is 2.11. The van der Waals surface area contributed by atoms with Crippen LogP contribution in [0.2, 0.25) is 0 Å². The highest BCUT2D eigenvalue weighted by Gasteiger charge is 2.15. The predicted octanol–water partition coefficient (Wildman–Crippen LogP) is 5.18. The lowest BCUT2D eigenvalue weighted by molar-refractivity contribution is 0.112. The molecule has 1 aliphatic rings. The smallest absolute Gasteiger partial charge is 0.150 e. The molecule has 3 rings (SSSR count). The molecule has 1 aliphatic carbocycles. The second-order valence-corrected chi connectivity index (χ2v) is 6.64. The maximum absolute atomic E-state index is 10.7. The number of anilines is 1. The van der Waals surface area contributed by atoms with Crippen LogP contribution in [0.3, 0.4) is 0 Å². The first kappa shape index (κ1) is 15.8. The molecule has 0 unspecified atom stereocenters. The Hall–Kier alpha value is -2.09. The number of benzene rings is 2. The van der Waals surface area contributed by atoms with E-state index in [-0.39, 0.29) is 0 Å². The van der Waals surface area contributed by atoms with Gasteiger partial charge in [-0.25, -0.2) is 0 Å². The fourth-order valence-electron chi connectivity index (χ4n) is 3.50. The van der Waals surface area contributed by atoms with E-state index in [4.69, 9.17) is 0 Å². The fourth-order valence-corrected chi connectivity index (χ4v) is 3.50. The van der Waals surface area contributed by atoms with Gasteiger partial charge in [0.15, 0.2) is 0 Å². The van der Waals surface area contributed by atoms with Crippen molar-refractivity contribution in [3.8, 4) is 0 Å². The molecule has 0 radical (unpaired) electrons. The van der Waals surface area contributed by atoms with Crippen LogP contribution >= 0.6 is 0 Å². The molecule has 1 fully saturated rings. The van der Waals surface area contributed by atoms with Crippen LogP contribution in [0.4, 0.5) is 5.69 Å². The van der Waals surface area contributed by atoms with E-state index < -0.39 is 0 Å². The summed E-state index contributed by atoms with van der Waals surface area (Å²) < 4.78 is 0. The van der Waals surface area contributed by atoms with Crippen molar-refractivity contribution in [1.29, 1.82) is 0 Å². The lowest BCUT2D eigenvalue weighted by atomic mass is 9.84. The van der Waals surface area contributed by atoms with E-state index in [1.807, 2.05) is 24.3 Å². The summed E-state index contributed by atoms with van der Waals surface area (Å²) in [6.07, 6.45) is 7.74. The Kier molecular flexibility index (Phi) is 5.12. The molecular formula is C21H25NO. The summed E-state index contributed by atoms with van der Waals surface area (Å²) in [6, 6.07) is 16.9. The molecule has 0 saturated heterocycles. The van der Waals surface area contributed by atoms with Crippen LogP contribution in [-0.4, -0.2) is 13.3 Å². The highest BCUT2D eigenvalue weighted by molar-refractivity contribution is 5.74. The molecule has 23 heavy (non-hydrogen) atoms. The van der Waals surface area contributed by atoms with E-state index in [9.17, 15) is 4.79 Å².